The summed E-state index contributed by atoms with van der Waals surface area (Å²) in [5.41, 5.74) is 0. The third kappa shape index (κ3) is 37.0. The normalized spacial score (nSPS) is 13.4. The molecule has 322 valence electrons. The van der Waals surface area contributed by atoms with Gasteiger partial charge in [-0.3, -0.25) is 9.59 Å². The van der Waals surface area contributed by atoms with Gasteiger partial charge in [-0.2, -0.15) is 0 Å². The lowest BCUT2D eigenvalue weighted by Gasteiger charge is -2.18. The van der Waals surface area contributed by atoms with Crippen LogP contribution in [0.15, 0.2) is 24.3 Å². The molecular weight excluding hydrogens is 691 g/mol. The molecule has 0 N–H and O–H groups in total. The Labute approximate surface area is 339 Å². The Morgan fingerprint density at radius 2 is 0.873 bits per heavy atom. The molecule has 0 rings (SSSR count). The van der Waals surface area contributed by atoms with Gasteiger partial charge in [-0.1, -0.05) is 129 Å². The Bertz CT molecular complexity index is 890. The number of unbranched alkanes of at least 4 members (excludes halogenated alkanes) is 16. The molecule has 0 aromatic rings. The molecule has 0 heterocycles. The van der Waals surface area contributed by atoms with Crippen LogP contribution in [0.25, 0.3) is 0 Å². The van der Waals surface area contributed by atoms with Crippen molar-refractivity contribution in [2.75, 3.05) is 27.2 Å². The first kappa shape index (κ1) is 52.6. The zero-order valence-electron chi connectivity index (χ0n) is 36.8. The lowest BCUT2D eigenvalue weighted by molar-refractivity contribution is -0.149. The van der Waals surface area contributed by atoms with Gasteiger partial charge in [0.2, 0.25) is 0 Å². The largest absolute Gasteiger partial charge is 0.508 e. The number of hydrogen-bond donors (Lipinski definition) is 0. The van der Waals surface area contributed by atoms with Gasteiger partial charge < -0.3 is 23.8 Å². The maximum absolute atomic E-state index is 12.5. The first-order valence-electron chi connectivity index (χ1n) is 22.9. The molecule has 0 fully saturated rings. The van der Waals surface area contributed by atoms with E-state index in [-0.39, 0.29) is 30.3 Å². The predicted molar refractivity (Wildman–Crippen MR) is 229 cm³/mol. The van der Waals surface area contributed by atoms with Gasteiger partial charge in [0.25, 0.3) is 0 Å². The van der Waals surface area contributed by atoms with E-state index in [1.807, 2.05) is 27.9 Å². The quantitative estimate of drug-likeness (QED) is 0.0264. The number of esters is 2. The molecule has 0 spiro atoms. The minimum atomic E-state index is -0.525. The van der Waals surface area contributed by atoms with Crippen LogP contribution in [0.1, 0.15) is 214 Å². The van der Waals surface area contributed by atoms with Crippen molar-refractivity contribution in [3.63, 3.8) is 0 Å². The Hall–Kier alpha value is -2.35. The Balaban J connectivity index is 4.47. The second-order valence-corrected chi connectivity index (χ2v) is 15.7. The van der Waals surface area contributed by atoms with E-state index in [0.717, 1.165) is 116 Å². The van der Waals surface area contributed by atoms with E-state index in [2.05, 4.69) is 43.1 Å². The highest BCUT2D eigenvalue weighted by atomic mass is 16.7. The van der Waals surface area contributed by atoms with Crippen LogP contribution in [-0.4, -0.2) is 68.6 Å². The second kappa shape index (κ2) is 39.9. The molecule has 55 heavy (non-hydrogen) atoms. The van der Waals surface area contributed by atoms with Crippen molar-refractivity contribution in [1.82, 2.24) is 4.90 Å². The Kier molecular flexibility index (Phi) is 38.2. The van der Waals surface area contributed by atoms with E-state index in [4.69, 9.17) is 18.9 Å². The van der Waals surface area contributed by atoms with Gasteiger partial charge in [0.1, 0.15) is 18.3 Å². The molecule has 0 radical (unpaired) electrons. The fraction of sp³-hybridized carbons (Fsp3) is 0.851. The number of allylic oxidation sites excluding steroid dienone is 2. The van der Waals surface area contributed by atoms with Gasteiger partial charge in [-0.25, -0.2) is 4.79 Å². The molecule has 0 aliphatic heterocycles. The van der Waals surface area contributed by atoms with Gasteiger partial charge in [0.15, 0.2) is 0 Å². The first-order chi connectivity index (χ1) is 26.7. The number of nitrogens with zero attached hydrogens (tertiary/aromatic N) is 1. The molecule has 8 heteroatoms. The minimum absolute atomic E-state index is 0.00763. The van der Waals surface area contributed by atoms with Crippen LogP contribution in [0, 0.1) is 0 Å². The van der Waals surface area contributed by atoms with Crippen molar-refractivity contribution in [3.05, 3.63) is 24.3 Å². The molecular formula is C47H87NO7. The summed E-state index contributed by atoms with van der Waals surface area (Å²) >= 11 is 0. The van der Waals surface area contributed by atoms with E-state index in [0.29, 0.717) is 19.4 Å². The molecule has 0 amide bonds. The maximum atomic E-state index is 12.5. The summed E-state index contributed by atoms with van der Waals surface area (Å²) in [6.07, 6.45) is 38.4. The molecule has 0 bridgehead atoms. The van der Waals surface area contributed by atoms with Crippen molar-refractivity contribution < 1.29 is 33.3 Å². The third-order valence-corrected chi connectivity index (χ3v) is 10.1. The number of carbonyl (C=O) groups is 3. The first-order valence-corrected chi connectivity index (χ1v) is 22.9. The number of rotatable bonds is 39. The van der Waals surface area contributed by atoms with Crippen molar-refractivity contribution in [1.29, 1.82) is 0 Å². The number of hydrogen-bond acceptors (Lipinski definition) is 8. The van der Waals surface area contributed by atoms with Crippen molar-refractivity contribution in [2.24, 2.45) is 0 Å². The molecule has 2 atom stereocenters. The molecule has 8 nitrogen and oxygen atoms in total. The molecule has 0 aromatic carbocycles. The SMILES string of the molecule is CCCCCC[C@H](CC=CCCCCCCCC(CCCCCCCC=CC[C@@H](CCCCCC)OC(=O)CC)OC(=O)OCCCN(C)C)OC(=O)CC. The van der Waals surface area contributed by atoms with Crippen molar-refractivity contribution in [3.8, 4) is 0 Å². The smallest absolute Gasteiger partial charge is 0.462 e. The average Bonchev–Trinajstić information content (AvgIpc) is 3.17. The van der Waals surface area contributed by atoms with Crippen molar-refractivity contribution >= 4 is 18.1 Å². The topological polar surface area (TPSA) is 91.4 Å². The maximum Gasteiger partial charge on any atom is 0.508 e. The second-order valence-electron chi connectivity index (χ2n) is 15.7. The number of carbonyl (C=O) groups excluding carboxylic acids is 3. The Morgan fingerprint density at radius 1 is 0.473 bits per heavy atom. The van der Waals surface area contributed by atoms with Gasteiger partial charge in [-0.05, 0) is 97.6 Å². The average molecular weight is 778 g/mol. The van der Waals surface area contributed by atoms with Crippen LogP contribution in [0.5, 0.6) is 0 Å². The van der Waals surface area contributed by atoms with Gasteiger partial charge >= 0.3 is 18.1 Å². The van der Waals surface area contributed by atoms with Crippen LogP contribution in [0.2, 0.25) is 0 Å². The molecule has 0 aliphatic carbocycles. The zero-order valence-corrected chi connectivity index (χ0v) is 36.8. The summed E-state index contributed by atoms with van der Waals surface area (Å²) in [4.78, 5) is 38.3. The van der Waals surface area contributed by atoms with Gasteiger partial charge in [0, 0.05) is 32.2 Å². The summed E-state index contributed by atoms with van der Waals surface area (Å²) in [5, 5.41) is 0. The fourth-order valence-corrected chi connectivity index (χ4v) is 6.62. The summed E-state index contributed by atoms with van der Waals surface area (Å²) in [6, 6.07) is 0. The summed E-state index contributed by atoms with van der Waals surface area (Å²) in [6.45, 7) is 9.41. The van der Waals surface area contributed by atoms with E-state index >= 15 is 0 Å². The van der Waals surface area contributed by atoms with Crippen molar-refractivity contribution in [2.45, 2.75) is 232 Å². The lowest BCUT2D eigenvalue weighted by Crippen LogP contribution is -2.21. The summed E-state index contributed by atoms with van der Waals surface area (Å²) in [5.74, 6) is -0.193. The van der Waals surface area contributed by atoms with Crippen LogP contribution >= 0.6 is 0 Å². The molecule has 0 saturated carbocycles. The van der Waals surface area contributed by atoms with E-state index in [1.54, 1.807) is 0 Å². The summed E-state index contributed by atoms with van der Waals surface area (Å²) in [7, 11) is 4.03. The fourth-order valence-electron chi connectivity index (χ4n) is 6.62. The lowest BCUT2D eigenvalue weighted by atomic mass is 10.0. The molecule has 0 saturated heterocycles. The van der Waals surface area contributed by atoms with E-state index < -0.39 is 6.16 Å². The Morgan fingerprint density at radius 3 is 1.29 bits per heavy atom. The molecule has 0 aliphatic rings. The highest BCUT2D eigenvalue weighted by molar-refractivity contribution is 5.69. The predicted octanol–water partition coefficient (Wildman–Crippen LogP) is 13.4. The van der Waals surface area contributed by atoms with Crippen LogP contribution in [0.4, 0.5) is 4.79 Å². The zero-order chi connectivity index (χ0) is 40.6. The monoisotopic (exact) mass is 778 g/mol. The van der Waals surface area contributed by atoms with Gasteiger partial charge in [-0.15, -0.1) is 0 Å². The molecule has 0 unspecified atom stereocenters. The highest BCUT2D eigenvalue weighted by Crippen LogP contribution is 2.19. The van der Waals surface area contributed by atoms with E-state index in [9.17, 15) is 14.4 Å². The highest BCUT2D eigenvalue weighted by Gasteiger charge is 2.16. The molecule has 0 aromatic heterocycles. The van der Waals surface area contributed by atoms with Crippen LogP contribution < -0.4 is 0 Å². The standard InChI is InChI=1S/C47H87NO7/c1-7-11-13-27-34-42(53-45(49)9-3)36-29-23-19-15-17-21-25-31-38-44(55-47(51)52-41-33-40-48(5)6)39-32-26-22-18-16-20-24-30-37-43(54-46(50)10-4)35-28-14-12-8-2/h23-24,29-30,42-44H,7-22,25-28,31-41H2,1-6H3/t42-,43-,44?/m1/s1. The number of ether oxygens (including phenoxy) is 4. The van der Waals surface area contributed by atoms with E-state index in [1.165, 1.54) is 64.2 Å². The summed E-state index contributed by atoms with van der Waals surface area (Å²) < 4.78 is 22.6. The third-order valence-electron chi connectivity index (χ3n) is 10.1. The van der Waals surface area contributed by atoms with Crippen LogP contribution in [-0.2, 0) is 28.5 Å². The van der Waals surface area contributed by atoms with Gasteiger partial charge in [0.05, 0.1) is 6.61 Å². The minimum Gasteiger partial charge on any atom is -0.462 e. The van der Waals surface area contributed by atoms with Crippen LogP contribution in [0.3, 0.4) is 0 Å².